The Kier molecular flexibility index (Phi) is 6.39. The van der Waals surface area contributed by atoms with Gasteiger partial charge in [-0.1, -0.05) is 35.9 Å². The lowest BCUT2D eigenvalue weighted by molar-refractivity contribution is -0.117. The van der Waals surface area contributed by atoms with Crippen LogP contribution in [0.1, 0.15) is 28.1 Å². The standard InChI is InChI=1S/C27H25ClN4O/c1-17-13-21(19(3)32(17)26-10-6-8-24(28)18(26)2)14-22(15-29)27(33)30-12-11-20-16-31-25-9-5-4-7-23(20)25/h4-10,13-14,16,31H,11-12H2,1-3H3,(H,30,33)/b22-14+. The molecule has 4 rings (SSSR count). The average molecular weight is 457 g/mol. The lowest BCUT2D eigenvalue weighted by atomic mass is 10.1. The topological polar surface area (TPSA) is 73.6 Å². The molecule has 33 heavy (non-hydrogen) atoms. The maximum absolute atomic E-state index is 12.7. The predicted molar refractivity (Wildman–Crippen MR) is 134 cm³/mol. The van der Waals surface area contributed by atoms with Gasteiger partial charge in [0, 0.05) is 45.7 Å². The van der Waals surface area contributed by atoms with Crippen molar-refractivity contribution < 1.29 is 4.79 Å². The minimum Gasteiger partial charge on any atom is -0.361 e. The average Bonchev–Trinajstić information content (AvgIpc) is 3.34. The van der Waals surface area contributed by atoms with Gasteiger partial charge in [-0.25, -0.2) is 0 Å². The third-order valence-corrected chi connectivity index (χ3v) is 6.38. The first-order chi connectivity index (χ1) is 15.9. The van der Waals surface area contributed by atoms with E-state index in [-0.39, 0.29) is 11.5 Å². The van der Waals surface area contributed by atoms with E-state index in [0.29, 0.717) is 18.0 Å². The third kappa shape index (κ3) is 4.44. The Hall–Kier alpha value is -3.75. The van der Waals surface area contributed by atoms with E-state index < -0.39 is 0 Å². The highest BCUT2D eigenvalue weighted by atomic mass is 35.5. The molecule has 2 heterocycles. The zero-order valence-electron chi connectivity index (χ0n) is 18.9. The number of nitrogens with one attached hydrogen (secondary N) is 2. The highest BCUT2D eigenvalue weighted by molar-refractivity contribution is 6.31. The van der Waals surface area contributed by atoms with Gasteiger partial charge in [-0.05, 0) is 74.2 Å². The van der Waals surface area contributed by atoms with Crippen LogP contribution in [0.25, 0.3) is 22.7 Å². The summed E-state index contributed by atoms with van der Waals surface area (Å²) in [4.78, 5) is 15.9. The monoisotopic (exact) mass is 456 g/mol. The van der Waals surface area contributed by atoms with Crippen LogP contribution in [-0.2, 0) is 11.2 Å². The Balaban J connectivity index is 1.52. The van der Waals surface area contributed by atoms with Crippen molar-refractivity contribution >= 4 is 34.5 Å². The summed E-state index contributed by atoms with van der Waals surface area (Å²) in [6, 6.07) is 17.9. The molecule has 0 unspecified atom stereocenters. The third-order valence-electron chi connectivity index (χ3n) is 5.97. The number of H-pyrrole nitrogens is 1. The number of fused-ring (bicyclic) bond motifs is 1. The first-order valence-electron chi connectivity index (χ1n) is 10.8. The summed E-state index contributed by atoms with van der Waals surface area (Å²) in [5.74, 6) is -0.374. The number of amides is 1. The SMILES string of the molecule is Cc1c(Cl)cccc1-n1c(C)cc(/C=C(\C#N)C(=O)NCCc2c[nH]c3ccccc23)c1C. The van der Waals surface area contributed by atoms with Gasteiger partial charge in [-0.15, -0.1) is 0 Å². The Morgan fingerprint density at radius 3 is 2.76 bits per heavy atom. The molecule has 2 aromatic heterocycles. The molecule has 1 amide bonds. The number of nitriles is 1. The highest BCUT2D eigenvalue weighted by Crippen LogP contribution is 2.28. The van der Waals surface area contributed by atoms with E-state index in [9.17, 15) is 10.1 Å². The van der Waals surface area contributed by atoms with Crippen LogP contribution in [0, 0.1) is 32.1 Å². The second-order valence-corrected chi connectivity index (χ2v) is 8.49. The number of aromatic amines is 1. The van der Waals surface area contributed by atoms with Gasteiger partial charge in [0.25, 0.3) is 5.91 Å². The van der Waals surface area contributed by atoms with Gasteiger partial charge in [0.1, 0.15) is 11.6 Å². The van der Waals surface area contributed by atoms with E-state index in [1.807, 2.05) is 69.4 Å². The molecule has 0 aliphatic rings. The zero-order valence-corrected chi connectivity index (χ0v) is 19.6. The zero-order chi connectivity index (χ0) is 23.5. The van der Waals surface area contributed by atoms with E-state index in [1.165, 1.54) is 0 Å². The molecule has 0 aliphatic heterocycles. The molecule has 0 saturated heterocycles. The van der Waals surface area contributed by atoms with Crippen LogP contribution < -0.4 is 5.32 Å². The molecule has 0 aliphatic carbocycles. The van der Waals surface area contributed by atoms with Crippen molar-refractivity contribution in [1.82, 2.24) is 14.9 Å². The molecule has 0 saturated carbocycles. The maximum Gasteiger partial charge on any atom is 0.261 e. The van der Waals surface area contributed by atoms with Crippen molar-refractivity contribution in [3.8, 4) is 11.8 Å². The van der Waals surface area contributed by atoms with Crippen LogP contribution >= 0.6 is 11.6 Å². The quantitative estimate of drug-likeness (QED) is 0.284. The molecule has 2 aromatic carbocycles. The summed E-state index contributed by atoms with van der Waals surface area (Å²) in [6.07, 6.45) is 4.29. The molecule has 2 N–H and O–H groups in total. The molecule has 5 nitrogen and oxygen atoms in total. The number of hydrogen-bond acceptors (Lipinski definition) is 2. The predicted octanol–water partition coefficient (Wildman–Crippen LogP) is 5.80. The summed E-state index contributed by atoms with van der Waals surface area (Å²) in [5.41, 5.74) is 7.02. The lowest BCUT2D eigenvalue weighted by Crippen LogP contribution is -2.26. The van der Waals surface area contributed by atoms with E-state index in [1.54, 1.807) is 6.08 Å². The van der Waals surface area contributed by atoms with Crippen molar-refractivity contribution in [3.63, 3.8) is 0 Å². The number of aryl methyl sites for hydroxylation is 1. The number of para-hydroxylation sites is 1. The fourth-order valence-electron chi connectivity index (χ4n) is 4.19. The number of carbonyl (C=O) groups is 1. The minimum absolute atomic E-state index is 0.0805. The van der Waals surface area contributed by atoms with Gasteiger partial charge in [0.15, 0.2) is 0 Å². The molecule has 0 radical (unpaired) electrons. The molecular weight excluding hydrogens is 432 g/mol. The number of benzene rings is 2. The first kappa shape index (κ1) is 22.4. The molecule has 0 fully saturated rings. The minimum atomic E-state index is -0.374. The van der Waals surface area contributed by atoms with Crippen molar-refractivity contribution in [3.05, 3.63) is 93.4 Å². The van der Waals surface area contributed by atoms with E-state index >= 15 is 0 Å². The molecular formula is C27H25ClN4O. The molecule has 4 aromatic rings. The molecule has 6 heteroatoms. The molecule has 0 spiro atoms. The number of nitrogens with zero attached hydrogens (tertiary/aromatic N) is 2. The summed E-state index contributed by atoms with van der Waals surface area (Å²) in [5, 5.41) is 14.4. The summed E-state index contributed by atoms with van der Waals surface area (Å²) in [7, 11) is 0. The Morgan fingerprint density at radius 1 is 1.18 bits per heavy atom. The fourth-order valence-corrected chi connectivity index (χ4v) is 4.36. The normalized spacial score (nSPS) is 11.5. The lowest BCUT2D eigenvalue weighted by Gasteiger charge is -2.13. The molecule has 0 atom stereocenters. The van der Waals surface area contributed by atoms with Crippen molar-refractivity contribution in [2.45, 2.75) is 27.2 Å². The first-order valence-corrected chi connectivity index (χ1v) is 11.2. The van der Waals surface area contributed by atoms with Crippen LogP contribution in [0.2, 0.25) is 5.02 Å². The molecule has 0 bridgehead atoms. The maximum atomic E-state index is 12.7. The number of aromatic nitrogens is 2. The summed E-state index contributed by atoms with van der Waals surface area (Å²) in [6.45, 7) is 6.40. The van der Waals surface area contributed by atoms with Crippen molar-refractivity contribution in [1.29, 1.82) is 5.26 Å². The Morgan fingerprint density at radius 2 is 1.97 bits per heavy atom. The van der Waals surface area contributed by atoms with Crippen LogP contribution in [0.3, 0.4) is 0 Å². The molecule has 166 valence electrons. The van der Waals surface area contributed by atoms with E-state index in [2.05, 4.69) is 27.0 Å². The smallest absolute Gasteiger partial charge is 0.261 e. The van der Waals surface area contributed by atoms with Gasteiger partial charge < -0.3 is 14.9 Å². The van der Waals surface area contributed by atoms with Gasteiger partial charge in [-0.2, -0.15) is 5.26 Å². The van der Waals surface area contributed by atoms with Crippen LogP contribution in [0.15, 0.2) is 60.3 Å². The van der Waals surface area contributed by atoms with Gasteiger partial charge in [0.05, 0.1) is 0 Å². The van der Waals surface area contributed by atoms with Gasteiger partial charge in [-0.3, -0.25) is 4.79 Å². The van der Waals surface area contributed by atoms with E-state index in [0.717, 1.165) is 44.7 Å². The van der Waals surface area contributed by atoms with Gasteiger partial charge >= 0.3 is 0 Å². The highest BCUT2D eigenvalue weighted by Gasteiger charge is 2.15. The van der Waals surface area contributed by atoms with Crippen molar-refractivity contribution in [2.24, 2.45) is 0 Å². The second-order valence-electron chi connectivity index (χ2n) is 8.08. The number of hydrogen-bond donors (Lipinski definition) is 2. The second kappa shape index (κ2) is 9.40. The van der Waals surface area contributed by atoms with E-state index in [4.69, 9.17) is 11.6 Å². The summed E-state index contributed by atoms with van der Waals surface area (Å²) >= 11 is 6.32. The Bertz CT molecular complexity index is 1420. The Labute approximate surface area is 198 Å². The van der Waals surface area contributed by atoms with Crippen LogP contribution in [-0.4, -0.2) is 22.0 Å². The van der Waals surface area contributed by atoms with Crippen molar-refractivity contribution in [2.75, 3.05) is 6.54 Å². The summed E-state index contributed by atoms with van der Waals surface area (Å²) < 4.78 is 2.09. The number of halogens is 1. The fraction of sp³-hybridized carbons (Fsp3) is 0.185. The van der Waals surface area contributed by atoms with Crippen LogP contribution in [0.5, 0.6) is 0 Å². The number of rotatable bonds is 6. The largest absolute Gasteiger partial charge is 0.361 e. The van der Waals surface area contributed by atoms with Gasteiger partial charge in [0.2, 0.25) is 0 Å². The van der Waals surface area contributed by atoms with Crippen LogP contribution in [0.4, 0.5) is 0 Å². The number of carbonyl (C=O) groups excluding carboxylic acids is 1.